The van der Waals surface area contributed by atoms with Gasteiger partial charge in [0.15, 0.2) is 0 Å². The number of hydrogen-bond acceptors (Lipinski definition) is 2. The lowest BCUT2D eigenvalue weighted by Crippen LogP contribution is -2.24. The number of aliphatic hydroxyl groups is 1. The predicted molar refractivity (Wildman–Crippen MR) is 76.0 cm³/mol. The highest BCUT2D eigenvalue weighted by molar-refractivity contribution is 5.42. The van der Waals surface area contributed by atoms with E-state index in [0.717, 1.165) is 22.4 Å². The number of rotatable bonds is 3. The van der Waals surface area contributed by atoms with Gasteiger partial charge in [0, 0.05) is 0 Å². The molecule has 0 spiro atoms. The molecule has 0 aromatic heterocycles. The van der Waals surface area contributed by atoms with Crippen molar-refractivity contribution in [2.24, 2.45) is 11.3 Å². The Morgan fingerprint density at radius 3 is 2.11 bits per heavy atom. The molecule has 0 amide bonds. The maximum absolute atomic E-state index is 10.6. The van der Waals surface area contributed by atoms with Crippen LogP contribution in [0.4, 0.5) is 0 Å². The molecule has 1 rings (SSSR count). The van der Waals surface area contributed by atoms with Gasteiger partial charge in [-0.05, 0) is 54.0 Å². The van der Waals surface area contributed by atoms with Crippen LogP contribution in [0, 0.1) is 25.2 Å². The summed E-state index contributed by atoms with van der Waals surface area (Å²) in [5, 5.41) is 10.6. The second-order valence-electron chi connectivity index (χ2n) is 6.28. The molecule has 0 bridgehead atoms. The summed E-state index contributed by atoms with van der Waals surface area (Å²) in [5.41, 5.74) is 3.25. The quantitative estimate of drug-likeness (QED) is 0.877. The minimum atomic E-state index is -0.436. The fourth-order valence-electron chi connectivity index (χ4n) is 2.09. The van der Waals surface area contributed by atoms with Crippen molar-refractivity contribution in [1.82, 2.24) is 0 Å². The van der Waals surface area contributed by atoms with Crippen LogP contribution in [-0.4, -0.2) is 12.2 Å². The van der Waals surface area contributed by atoms with E-state index < -0.39 is 6.10 Å². The van der Waals surface area contributed by atoms with Crippen molar-refractivity contribution < 1.29 is 9.84 Å². The third kappa shape index (κ3) is 3.05. The molecule has 2 unspecified atom stereocenters. The molecule has 0 fully saturated rings. The molecular formula is C16H26O2. The van der Waals surface area contributed by atoms with Crippen molar-refractivity contribution in [2.75, 3.05) is 7.11 Å². The van der Waals surface area contributed by atoms with Gasteiger partial charge in [-0.3, -0.25) is 0 Å². The minimum Gasteiger partial charge on any atom is -0.496 e. The monoisotopic (exact) mass is 250 g/mol. The molecule has 0 heterocycles. The zero-order valence-electron chi connectivity index (χ0n) is 12.7. The van der Waals surface area contributed by atoms with Crippen molar-refractivity contribution in [1.29, 1.82) is 0 Å². The van der Waals surface area contributed by atoms with Gasteiger partial charge < -0.3 is 9.84 Å². The second-order valence-corrected chi connectivity index (χ2v) is 6.28. The Morgan fingerprint density at radius 2 is 1.67 bits per heavy atom. The molecule has 1 N–H and O–H groups in total. The van der Waals surface area contributed by atoms with Gasteiger partial charge in [-0.15, -0.1) is 0 Å². The minimum absolute atomic E-state index is 0.0830. The van der Waals surface area contributed by atoms with E-state index in [1.54, 1.807) is 7.11 Å². The number of ether oxygens (including phenoxy) is 1. The van der Waals surface area contributed by atoms with Crippen LogP contribution >= 0.6 is 0 Å². The third-order valence-electron chi connectivity index (χ3n) is 3.94. The van der Waals surface area contributed by atoms with Gasteiger partial charge in [0.2, 0.25) is 0 Å². The molecule has 102 valence electrons. The molecule has 2 nitrogen and oxygen atoms in total. The second kappa shape index (κ2) is 5.31. The summed E-state index contributed by atoms with van der Waals surface area (Å²) in [5.74, 6) is 1.08. The highest BCUT2D eigenvalue weighted by Gasteiger charge is 2.29. The number of benzene rings is 1. The molecule has 1 aromatic rings. The number of aryl methyl sites for hydroxylation is 2. The van der Waals surface area contributed by atoms with Crippen LogP contribution in [-0.2, 0) is 0 Å². The first-order valence-corrected chi connectivity index (χ1v) is 6.51. The molecule has 2 atom stereocenters. The standard InChI is InChI=1S/C16H26O2/c1-10-9-14(18-7)11(2)8-13(10)15(17)12(3)16(4,5)6/h8-9,12,15,17H,1-7H3. The van der Waals surface area contributed by atoms with Crippen LogP contribution in [0.25, 0.3) is 0 Å². The lowest BCUT2D eigenvalue weighted by atomic mass is 9.76. The predicted octanol–water partition coefficient (Wildman–Crippen LogP) is 4.03. The van der Waals surface area contributed by atoms with Gasteiger partial charge in [0.05, 0.1) is 13.2 Å². The summed E-state index contributed by atoms with van der Waals surface area (Å²) in [6.45, 7) is 12.6. The first-order valence-electron chi connectivity index (χ1n) is 6.51. The summed E-state index contributed by atoms with van der Waals surface area (Å²) in [6, 6.07) is 4.05. The van der Waals surface area contributed by atoms with Crippen molar-refractivity contribution in [2.45, 2.75) is 47.6 Å². The fraction of sp³-hybridized carbons (Fsp3) is 0.625. The van der Waals surface area contributed by atoms with E-state index in [0.29, 0.717) is 0 Å². The zero-order chi connectivity index (χ0) is 14.1. The van der Waals surface area contributed by atoms with Gasteiger partial charge in [0.1, 0.15) is 5.75 Å². The Balaban J connectivity index is 3.14. The molecule has 0 saturated heterocycles. The molecule has 2 heteroatoms. The number of hydrogen-bond donors (Lipinski definition) is 1. The van der Waals surface area contributed by atoms with Crippen LogP contribution in [0.2, 0.25) is 0 Å². The van der Waals surface area contributed by atoms with E-state index in [-0.39, 0.29) is 11.3 Å². The van der Waals surface area contributed by atoms with Crippen LogP contribution in [0.5, 0.6) is 5.75 Å². The van der Waals surface area contributed by atoms with E-state index in [1.165, 1.54) is 0 Å². The Hall–Kier alpha value is -1.02. The van der Waals surface area contributed by atoms with Crippen LogP contribution in [0.15, 0.2) is 12.1 Å². The number of methoxy groups -OCH3 is 1. The molecular weight excluding hydrogens is 224 g/mol. The van der Waals surface area contributed by atoms with E-state index >= 15 is 0 Å². The fourth-order valence-corrected chi connectivity index (χ4v) is 2.09. The molecule has 0 saturated carbocycles. The summed E-state index contributed by atoms with van der Waals surface area (Å²) in [6.07, 6.45) is -0.436. The van der Waals surface area contributed by atoms with E-state index in [1.807, 2.05) is 26.0 Å². The summed E-state index contributed by atoms with van der Waals surface area (Å²) in [4.78, 5) is 0. The van der Waals surface area contributed by atoms with E-state index in [9.17, 15) is 5.11 Å². The number of aliphatic hydroxyl groups excluding tert-OH is 1. The third-order valence-corrected chi connectivity index (χ3v) is 3.94. The van der Waals surface area contributed by atoms with Crippen molar-refractivity contribution in [3.63, 3.8) is 0 Å². The maximum atomic E-state index is 10.6. The average Bonchev–Trinajstić information content (AvgIpc) is 2.28. The van der Waals surface area contributed by atoms with Gasteiger partial charge >= 0.3 is 0 Å². The maximum Gasteiger partial charge on any atom is 0.122 e. The lowest BCUT2D eigenvalue weighted by molar-refractivity contribution is 0.0530. The SMILES string of the molecule is COc1cc(C)c(C(O)C(C)C(C)(C)C)cc1C. The zero-order valence-corrected chi connectivity index (χ0v) is 12.7. The summed E-state index contributed by atoms with van der Waals surface area (Å²) >= 11 is 0. The van der Waals surface area contributed by atoms with Gasteiger partial charge in [0.25, 0.3) is 0 Å². The van der Waals surface area contributed by atoms with Gasteiger partial charge in [-0.2, -0.15) is 0 Å². The van der Waals surface area contributed by atoms with Gasteiger partial charge in [-0.25, -0.2) is 0 Å². The molecule has 0 aliphatic rings. The lowest BCUT2D eigenvalue weighted by Gasteiger charge is -2.32. The molecule has 18 heavy (non-hydrogen) atoms. The van der Waals surface area contributed by atoms with Crippen molar-refractivity contribution in [3.8, 4) is 5.75 Å². The first kappa shape index (κ1) is 15.0. The van der Waals surface area contributed by atoms with Crippen LogP contribution < -0.4 is 4.74 Å². The first-order chi connectivity index (χ1) is 8.18. The molecule has 0 radical (unpaired) electrons. The van der Waals surface area contributed by atoms with Crippen molar-refractivity contribution in [3.05, 3.63) is 28.8 Å². The summed E-state index contributed by atoms with van der Waals surface area (Å²) in [7, 11) is 1.68. The van der Waals surface area contributed by atoms with Crippen LogP contribution in [0.3, 0.4) is 0 Å². The Kier molecular flexibility index (Phi) is 4.44. The summed E-state index contributed by atoms with van der Waals surface area (Å²) < 4.78 is 5.31. The topological polar surface area (TPSA) is 29.5 Å². The largest absolute Gasteiger partial charge is 0.496 e. The average molecular weight is 250 g/mol. The van der Waals surface area contributed by atoms with E-state index in [4.69, 9.17) is 4.74 Å². The molecule has 0 aliphatic heterocycles. The smallest absolute Gasteiger partial charge is 0.122 e. The van der Waals surface area contributed by atoms with Gasteiger partial charge in [-0.1, -0.05) is 27.7 Å². The highest BCUT2D eigenvalue weighted by atomic mass is 16.5. The Labute approximate surface area is 111 Å². The highest BCUT2D eigenvalue weighted by Crippen LogP contribution is 2.38. The molecule has 0 aliphatic carbocycles. The Bertz CT molecular complexity index is 416. The van der Waals surface area contributed by atoms with Crippen LogP contribution in [0.1, 0.15) is 50.5 Å². The van der Waals surface area contributed by atoms with Crippen molar-refractivity contribution >= 4 is 0 Å². The normalized spacial score (nSPS) is 15.3. The van der Waals surface area contributed by atoms with E-state index in [2.05, 4.69) is 27.7 Å². The Morgan fingerprint density at radius 1 is 1.11 bits per heavy atom. The molecule has 1 aromatic carbocycles.